The van der Waals surface area contributed by atoms with Crippen molar-refractivity contribution in [3.63, 3.8) is 0 Å². The Balaban J connectivity index is 0.000000714. The molecule has 7 heteroatoms. The second-order valence-corrected chi connectivity index (χ2v) is 8.26. The fourth-order valence-corrected chi connectivity index (χ4v) is 3.96. The van der Waals surface area contributed by atoms with Gasteiger partial charge in [0.25, 0.3) is 0 Å². The van der Waals surface area contributed by atoms with Crippen LogP contribution in [0.3, 0.4) is 0 Å². The summed E-state index contributed by atoms with van der Waals surface area (Å²) in [5, 5.41) is 17.4. The molecule has 1 atom stereocenters. The molecule has 1 N–H and O–H groups in total. The molecule has 1 saturated heterocycles. The molecule has 0 radical (unpaired) electrons. The standard InChI is InChI=1S/C22H23BrN4O.C2H3N.C2H6/c1-16(24-19-6-3-2-4-7-19)27-15-21(26-13-5-8-22(26)28)20(25-27)14-17-9-11-18(23)12-10-17;1-2-3;1-2/h2-4,6-7,9-12,21,24H,1,5,8,13-15H2;1H3;1-2H3. The lowest BCUT2D eigenvalue weighted by atomic mass is 10.0. The summed E-state index contributed by atoms with van der Waals surface area (Å²) in [5.74, 6) is 0.936. The van der Waals surface area contributed by atoms with Crippen molar-refractivity contribution in [3.8, 4) is 6.07 Å². The van der Waals surface area contributed by atoms with Crippen LogP contribution >= 0.6 is 15.9 Å². The van der Waals surface area contributed by atoms with Crippen molar-refractivity contribution in [2.45, 2.75) is 46.1 Å². The minimum absolute atomic E-state index is 0.00651. The third-order valence-electron chi connectivity index (χ3n) is 5.14. The number of amides is 1. The molecule has 2 aromatic carbocycles. The van der Waals surface area contributed by atoms with E-state index >= 15 is 0 Å². The number of hydrogen-bond acceptors (Lipinski definition) is 5. The van der Waals surface area contributed by atoms with Gasteiger partial charge in [0.05, 0.1) is 24.4 Å². The molecular formula is C26H32BrN5O. The van der Waals surface area contributed by atoms with Crippen molar-refractivity contribution < 1.29 is 4.79 Å². The molecule has 0 spiro atoms. The lowest BCUT2D eigenvalue weighted by Gasteiger charge is -2.26. The number of nitrogens with one attached hydrogen (secondary N) is 1. The minimum atomic E-state index is -0.00651. The van der Waals surface area contributed by atoms with Crippen molar-refractivity contribution in [2.24, 2.45) is 5.10 Å². The van der Waals surface area contributed by atoms with E-state index in [2.05, 4.69) is 40.0 Å². The molecule has 2 aliphatic rings. The van der Waals surface area contributed by atoms with E-state index in [1.165, 1.54) is 12.5 Å². The van der Waals surface area contributed by atoms with E-state index in [1.807, 2.05) is 66.2 Å². The maximum atomic E-state index is 12.4. The molecule has 0 aliphatic carbocycles. The zero-order valence-electron chi connectivity index (χ0n) is 19.6. The number of nitrogens with zero attached hydrogens (tertiary/aromatic N) is 4. The third kappa shape index (κ3) is 7.47. The van der Waals surface area contributed by atoms with Crippen molar-refractivity contribution >= 4 is 33.2 Å². The second kappa shape index (κ2) is 13.4. The smallest absolute Gasteiger partial charge is 0.223 e. The van der Waals surface area contributed by atoms with E-state index in [-0.39, 0.29) is 11.9 Å². The van der Waals surface area contributed by atoms with Gasteiger partial charge in [-0.2, -0.15) is 10.4 Å². The monoisotopic (exact) mass is 509 g/mol. The lowest BCUT2D eigenvalue weighted by molar-refractivity contribution is -0.128. The summed E-state index contributed by atoms with van der Waals surface area (Å²) >= 11 is 3.48. The average molecular weight is 510 g/mol. The predicted octanol–water partition coefficient (Wildman–Crippen LogP) is 5.79. The molecule has 2 aliphatic heterocycles. The molecule has 0 bridgehead atoms. The number of rotatable bonds is 6. The summed E-state index contributed by atoms with van der Waals surface area (Å²) in [7, 11) is 0. The Hall–Kier alpha value is -3.11. The quantitative estimate of drug-likeness (QED) is 0.534. The molecule has 0 aromatic heterocycles. The predicted molar refractivity (Wildman–Crippen MR) is 139 cm³/mol. The van der Waals surface area contributed by atoms with E-state index < -0.39 is 0 Å². The van der Waals surface area contributed by atoms with Gasteiger partial charge in [-0.3, -0.25) is 4.79 Å². The number of para-hydroxylation sites is 1. The number of hydrogen-bond donors (Lipinski definition) is 1. The molecule has 1 fully saturated rings. The zero-order chi connectivity index (χ0) is 24.2. The van der Waals surface area contributed by atoms with Crippen LogP contribution in [0.15, 0.2) is 76.6 Å². The van der Waals surface area contributed by atoms with Crippen LogP contribution in [0, 0.1) is 11.3 Å². The van der Waals surface area contributed by atoms with Crippen molar-refractivity contribution in [2.75, 3.05) is 18.4 Å². The summed E-state index contributed by atoms with van der Waals surface area (Å²) in [4.78, 5) is 14.4. The van der Waals surface area contributed by atoms with Crippen LogP contribution in [0.25, 0.3) is 0 Å². The molecule has 33 heavy (non-hydrogen) atoms. The Morgan fingerprint density at radius 3 is 2.42 bits per heavy atom. The van der Waals surface area contributed by atoms with Gasteiger partial charge in [0.1, 0.15) is 5.82 Å². The highest BCUT2D eigenvalue weighted by Gasteiger charge is 2.37. The van der Waals surface area contributed by atoms with Gasteiger partial charge >= 0.3 is 0 Å². The highest BCUT2D eigenvalue weighted by atomic mass is 79.9. The van der Waals surface area contributed by atoms with E-state index in [0.29, 0.717) is 18.8 Å². The van der Waals surface area contributed by atoms with Gasteiger partial charge in [0.2, 0.25) is 5.91 Å². The van der Waals surface area contributed by atoms with Gasteiger partial charge in [-0.15, -0.1) is 0 Å². The molecule has 174 valence electrons. The first-order valence-electron chi connectivity index (χ1n) is 11.2. The first-order chi connectivity index (χ1) is 16.0. The Morgan fingerprint density at radius 2 is 1.85 bits per heavy atom. The van der Waals surface area contributed by atoms with Gasteiger partial charge in [-0.25, -0.2) is 5.01 Å². The van der Waals surface area contributed by atoms with E-state index in [1.54, 1.807) is 6.07 Å². The molecule has 0 saturated carbocycles. The number of anilines is 1. The number of nitriles is 1. The van der Waals surface area contributed by atoms with Crippen LogP contribution in [0.1, 0.15) is 39.2 Å². The molecular weight excluding hydrogens is 478 g/mol. The van der Waals surface area contributed by atoms with Gasteiger partial charge in [-0.05, 0) is 36.2 Å². The summed E-state index contributed by atoms with van der Waals surface area (Å²) in [5.41, 5.74) is 3.16. The number of carbonyl (C=O) groups excluding carboxylic acids is 1. The lowest BCUT2D eigenvalue weighted by Crippen LogP contribution is -2.44. The van der Waals surface area contributed by atoms with Gasteiger partial charge < -0.3 is 10.2 Å². The normalized spacial score (nSPS) is 16.6. The SMILES string of the molecule is C=C(Nc1ccccc1)N1CC(N2CCCC2=O)C(Cc2ccc(Br)cc2)=N1.CC.CC#N. The maximum Gasteiger partial charge on any atom is 0.223 e. The average Bonchev–Trinajstić information content (AvgIpc) is 3.44. The summed E-state index contributed by atoms with van der Waals surface area (Å²) < 4.78 is 1.05. The van der Waals surface area contributed by atoms with Crippen LogP contribution in [0.5, 0.6) is 0 Å². The van der Waals surface area contributed by atoms with Crippen molar-refractivity contribution in [1.29, 1.82) is 5.26 Å². The second-order valence-electron chi connectivity index (χ2n) is 7.34. The number of halogens is 1. The molecule has 1 unspecified atom stereocenters. The molecule has 6 nitrogen and oxygen atoms in total. The highest BCUT2D eigenvalue weighted by Crippen LogP contribution is 2.25. The Morgan fingerprint density at radius 1 is 1.21 bits per heavy atom. The van der Waals surface area contributed by atoms with Crippen LogP contribution in [0.2, 0.25) is 0 Å². The summed E-state index contributed by atoms with van der Waals surface area (Å²) in [6.07, 6.45) is 2.27. The topological polar surface area (TPSA) is 71.7 Å². The van der Waals surface area contributed by atoms with Gasteiger partial charge in [0, 0.05) is 36.5 Å². The first-order valence-corrected chi connectivity index (χ1v) is 12.0. The van der Waals surface area contributed by atoms with E-state index in [4.69, 9.17) is 10.4 Å². The van der Waals surface area contributed by atoms with Crippen LogP contribution in [0.4, 0.5) is 5.69 Å². The van der Waals surface area contributed by atoms with Gasteiger partial charge in [0.15, 0.2) is 0 Å². The van der Waals surface area contributed by atoms with E-state index in [9.17, 15) is 4.79 Å². The highest BCUT2D eigenvalue weighted by molar-refractivity contribution is 9.10. The Kier molecular flexibility index (Phi) is 10.6. The summed E-state index contributed by atoms with van der Waals surface area (Å²) in [6.45, 7) is 11.0. The first kappa shape index (κ1) is 26.1. The van der Waals surface area contributed by atoms with Crippen molar-refractivity contribution in [1.82, 2.24) is 9.91 Å². The summed E-state index contributed by atoms with van der Waals surface area (Å²) in [6, 6.07) is 19.9. The van der Waals surface area contributed by atoms with Gasteiger partial charge in [-0.1, -0.05) is 66.7 Å². The minimum Gasteiger partial charge on any atom is -0.341 e. The molecule has 4 rings (SSSR count). The zero-order valence-corrected chi connectivity index (χ0v) is 21.2. The fraction of sp³-hybridized carbons (Fsp3) is 0.346. The maximum absolute atomic E-state index is 12.4. The molecule has 2 heterocycles. The number of hydrazone groups is 1. The van der Waals surface area contributed by atoms with Crippen LogP contribution < -0.4 is 5.32 Å². The number of carbonyl (C=O) groups is 1. The number of benzene rings is 2. The number of likely N-dealkylation sites (tertiary alicyclic amines) is 1. The molecule has 2 aromatic rings. The third-order valence-corrected chi connectivity index (χ3v) is 5.67. The van der Waals surface area contributed by atoms with E-state index in [0.717, 1.165) is 35.3 Å². The van der Waals surface area contributed by atoms with Crippen LogP contribution in [-0.4, -0.2) is 40.7 Å². The van der Waals surface area contributed by atoms with Crippen LogP contribution in [-0.2, 0) is 11.2 Å². The fourth-order valence-electron chi connectivity index (χ4n) is 3.70. The molecule has 1 amide bonds. The Labute approximate surface area is 205 Å². The largest absolute Gasteiger partial charge is 0.341 e. The Bertz CT molecular complexity index is 982. The van der Waals surface area contributed by atoms with Crippen molar-refractivity contribution in [3.05, 3.63) is 77.0 Å².